The molecule has 0 radical (unpaired) electrons. The Kier molecular flexibility index (Phi) is 4.35. The Morgan fingerprint density at radius 1 is 1.60 bits per heavy atom. The van der Waals surface area contributed by atoms with E-state index in [1.807, 2.05) is 0 Å². The van der Waals surface area contributed by atoms with Crippen molar-refractivity contribution in [2.75, 3.05) is 5.75 Å². The number of aromatic carboxylic acids is 1. The maximum absolute atomic E-state index is 13.0. The molecule has 0 unspecified atom stereocenters. The van der Waals surface area contributed by atoms with Crippen molar-refractivity contribution >= 4 is 33.7 Å². The van der Waals surface area contributed by atoms with E-state index in [0.717, 1.165) is 10.5 Å². The molecular weight excluding hydrogens is 283 g/mol. The number of hydrogen-bond donors (Lipinski definition) is 1. The van der Waals surface area contributed by atoms with Crippen LogP contribution in [-0.2, 0) is 0 Å². The maximum Gasteiger partial charge on any atom is 0.338 e. The molecule has 1 rings (SSSR count). The normalized spacial score (nSPS) is 10.0. The second kappa shape index (κ2) is 5.32. The van der Waals surface area contributed by atoms with E-state index in [1.54, 1.807) is 6.07 Å². The quantitative estimate of drug-likeness (QED) is 0.862. The summed E-state index contributed by atoms with van der Waals surface area (Å²) in [5.41, 5.74) is -0.305. The van der Waals surface area contributed by atoms with E-state index in [0.29, 0.717) is 10.6 Å². The van der Waals surface area contributed by atoms with Crippen LogP contribution in [0.5, 0.6) is 0 Å². The molecule has 0 aromatic heterocycles. The molecule has 0 spiro atoms. The number of hydrogen-bond acceptors (Lipinski definition) is 2. The van der Waals surface area contributed by atoms with Crippen molar-refractivity contribution < 1.29 is 14.3 Å². The lowest BCUT2D eigenvalue weighted by Crippen LogP contribution is -2.00. The van der Waals surface area contributed by atoms with E-state index in [4.69, 9.17) is 5.11 Å². The third kappa shape index (κ3) is 3.68. The van der Waals surface area contributed by atoms with Crippen LogP contribution in [0.2, 0.25) is 0 Å². The lowest BCUT2D eigenvalue weighted by molar-refractivity contribution is 0.0691. The van der Waals surface area contributed by atoms with Crippen molar-refractivity contribution in [1.82, 2.24) is 0 Å². The second-order valence-corrected chi connectivity index (χ2v) is 4.92. The van der Waals surface area contributed by atoms with Crippen molar-refractivity contribution in [1.29, 1.82) is 0 Å². The van der Waals surface area contributed by atoms with Crippen molar-refractivity contribution in [3.8, 4) is 0 Å². The predicted molar refractivity (Wildman–Crippen MR) is 62.2 cm³/mol. The van der Waals surface area contributed by atoms with Gasteiger partial charge in [0.05, 0.1) is 5.56 Å². The highest BCUT2D eigenvalue weighted by atomic mass is 79.9. The van der Waals surface area contributed by atoms with Crippen LogP contribution in [0.15, 0.2) is 34.2 Å². The van der Waals surface area contributed by atoms with Crippen LogP contribution in [0.25, 0.3) is 0 Å². The van der Waals surface area contributed by atoms with Gasteiger partial charge in [-0.3, -0.25) is 0 Å². The molecule has 0 aliphatic carbocycles. The highest BCUT2D eigenvalue weighted by Gasteiger charge is 2.10. The SMILES string of the molecule is C=C(Br)CSc1ccc(F)c(C(=O)O)c1. The average Bonchev–Trinajstić information content (AvgIpc) is 2.16. The van der Waals surface area contributed by atoms with E-state index in [1.165, 1.54) is 17.8 Å². The molecule has 1 N–H and O–H groups in total. The van der Waals surface area contributed by atoms with E-state index in [2.05, 4.69) is 22.5 Å². The minimum atomic E-state index is -1.26. The fraction of sp³-hybridized carbons (Fsp3) is 0.100. The number of carbonyl (C=O) groups is 1. The Labute approximate surface area is 99.3 Å². The first kappa shape index (κ1) is 12.3. The monoisotopic (exact) mass is 290 g/mol. The Morgan fingerprint density at radius 3 is 2.80 bits per heavy atom. The summed E-state index contributed by atoms with van der Waals surface area (Å²) in [6.07, 6.45) is 0. The Bertz CT molecular complexity index is 406. The van der Waals surface area contributed by atoms with Crippen LogP contribution >= 0.6 is 27.7 Å². The van der Waals surface area contributed by atoms with Crippen LogP contribution in [0.4, 0.5) is 4.39 Å². The maximum atomic E-state index is 13.0. The minimum absolute atomic E-state index is 0.305. The molecule has 0 fully saturated rings. The molecule has 1 aromatic rings. The van der Waals surface area contributed by atoms with E-state index >= 15 is 0 Å². The summed E-state index contributed by atoms with van der Waals surface area (Å²) in [7, 11) is 0. The van der Waals surface area contributed by atoms with Gasteiger partial charge in [-0.15, -0.1) is 11.8 Å². The van der Waals surface area contributed by atoms with Gasteiger partial charge in [0.15, 0.2) is 0 Å². The summed E-state index contributed by atoms with van der Waals surface area (Å²) in [4.78, 5) is 11.3. The Hall–Kier alpha value is -0.810. The van der Waals surface area contributed by atoms with Crippen LogP contribution < -0.4 is 0 Å². The molecule has 0 aliphatic rings. The van der Waals surface area contributed by atoms with Gasteiger partial charge in [0.2, 0.25) is 0 Å². The Balaban J connectivity index is 2.87. The summed E-state index contributed by atoms with van der Waals surface area (Å²) in [6.45, 7) is 3.65. The third-order valence-electron chi connectivity index (χ3n) is 1.56. The summed E-state index contributed by atoms with van der Waals surface area (Å²) in [6, 6.07) is 4.02. The van der Waals surface area contributed by atoms with Gasteiger partial charge in [-0.1, -0.05) is 22.5 Å². The standard InChI is InChI=1S/C10H8BrFO2S/c1-6(11)5-15-7-2-3-9(12)8(4-7)10(13)14/h2-4H,1,5H2,(H,13,14). The van der Waals surface area contributed by atoms with Gasteiger partial charge in [0.25, 0.3) is 0 Å². The highest BCUT2D eigenvalue weighted by molar-refractivity contribution is 9.11. The number of carboxylic acid groups (broad SMARTS) is 1. The van der Waals surface area contributed by atoms with Gasteiger partial charge in [-0.25, -0.2) is 9.18 Å². The Morgan fingerprint density at radius 2 is 2.27 bits per heavy atom. The molecule has 15 heavy (non-hydrogen) atoms. The lowest BCUT2D eigenvalue weighted by Gasteiger charge is -2.02. The molecule has 0 saturated heterocycles. The molecule has 5 heteroatoms. The summed E-state index contributed by atoms with van der Waals surface area (Å²) in [5, 5.41) is 8.69. The van der Waals surface area contributed by atoms with Crippen molar-refractivity contribution in [3.05, 3.63) is 40.6 Å². The first-order valence-electron chi connectivity index (χ1n) is 3.99. The smallest absolute Gasteiger partial charge is 0.338 e. The zero-order valence-corrected chi connectivity index (χ0v) is 10.1. The first-order valence-corrected chi connectivity index (χ1v) is 5.77. The number of halogens is 2. The molecule has 0 saturated carbocycles. The molecule has 1 aromatic carbocycles. The predicted octanol–water partition coefficient (Wildman–Crippen LogP) is 3.52. The molecule has 0 aliphatic heterocycles. The van der Waals surface area contributed by atoms with Crippen molar-refractivity contribution in [2.24, 2.45) is 0 Å². The topological polar surface area (TPSA) is 37.3 Å². The van der Waals surface area contributed by atoms with Crippen LogP contribution in [0.1, 0.15) is 10.4 Å². The van der Waals surface area contributed by atoms with Crippen LogP contribution in [0.3, 0.4) is 0 Å². The zero-order chi connectivity index (χ0) is 11.4. The first-order chi connectivity index (χ1) is 7.00. The van der Waals surface area contributed by atoms with E-state index in [-0.39, 0.29) is 5.56 Å². The van der Waals surface area contributed by atoms with Crippen LogP contribution in [0, 0.1) is 5.82 Å². The van der Waals surface area contributed by atoms with Gasteiger partial charge in [-0.05, 0) is 22.7 Å². The minimum Gasteiger partial charge on any atom is -0.478 e. The number of carboxylic acids is 1. The van der Waals surface area contributed by atoms with Gasteiger partial charge < -0.3 is 5.11 Å². The molecule has 80 valence electrons. The molecule has 0 amide bonds. The van der Waals surface area contributed by atoms with Gasteiger partial charge >= 0.3 is 5.97 Å². The average molecular weight is 291 g/mol. The largest absolute Gasteiger partial charge is 0.478 e. The van der Waals surface area contributed by atoms with Gasteiger partial charge in [-0.2, -0.15) is 0 Å². The molecule has 2 nitrogen and oxygen atoms in total. The summed E-state index contributed by atoms with van der Waals surface area (Å²) >= 11 is 4.58. The van der Waals surface area contributed by atoms with Gasteiger partial charge in [0, 0.05) is 10.6 Å². The van der Waals surface area contributed by atoms with Gasteiger partial charge in [0.1, 0.15) is 5.82 Å². The molecule has 0 bridgehead atoms. The second-order valence-electron chi connectivity index (χ2n) is 2.75. The number of benzene rings is 1. The molecule has 0 heterocycles. The molecule has 0 atom stereocenters. The van der Waals surface area contributed by atoms with E-state index < -0.39 is 11.8 Å². The highest BCUT2D eigenvalue weighted by Crippen LogP contribution is 2.24. The summed E-state index contributed by atoms with van der Waals surface area (Å²) in [5.74, 6) is -1.36. The van der Waals surface area contributed by atoms with E-state index in [9.17, 15) is 9.18 Å². The summed E-state index contributed by atoms with van der Waals surface area (Å²) < 4.78 is 13.8. The fourth-order valence-electron chi connectivity index (χ4n) is 0.920. The van der Waals surface area contributed by atoms with Crippen molar-refractivity contribution in [3.63, 3.8) is 0 Å². The third-order valence-corrected chi connectivity index (χ3v) is 3.30. The number of rotatable bonds is 4. The fourth-order valence-corrected chi connectivity index (χ4v) is 1.95. The number of thioether (sulfide) groups is 1. The van der Waals surface area contributed by atoms with Crippen molar-refractivity contribution in [2.45, 2.75) is 4.90 Å². The zero-order valence-electron chi connectivity index (χ0n) is 7.67. The van der Waals surface area contributed by atoms with Crippen LogP contribution in [-0.4, -0.2) is 16.8 Å². The molecular formula is C10H8BrFO2S. The lowest BCUT2D eigenvalue weighted by atomic mass is 10.2.